The summed E-state index contributed by atoms with van der Waals surface area (Å²) in [6.45, 7) is 4.96. The fourth-order valence-corrected chi connectivity index (χ4v) is 4.41. The summed E-state index contributed by atoms with van der Waals surface area (Å²) < 4.78 is 3.61. The van der Waals surface area contributed by atoms with Gasteiger partial charge in [-0.05, 0) is 37.1 Å². The Morgan fingerprint density at radius 1 is 0.939 bits per heavy atom. The van der Waals surface area contributed by atoms with Crippen molar-refractivity contribution < 1.29 is 4.79 Å². The van der Waals surface area contributed by atoms with E-state index >= 15 is 0 Å². The van der Waals surface area contributed by atoms with Crippen LogP contribution in [0.2, 0.25) is 0 Å². The Morgan fingerprint density at radius 2 is 1.64 bits per heavy atom. The van der Waals surface area contributed by atoms with E-state index in [4.69, 9.17) is 0 Å². The fourth-order valence-electron chi connectivity index (χ4n) is 4.41. The van der Waals surface area contributed by atoms with Gasteiger partial charge in [0.25, 0.3) is 5.91 Å². The summed E-state index contributed by atoms with van der Waals surface area (Å²) >= 11 is 0. The zero-order valence-corrected chi connectivity index (χ0v) is 18.3. The summed E-state index contributed by atoms with van der Waals surface area (Å²) in [6, 6.07) is 13.5. The highest BCUT2D eigenvalue weighted by molar-refractivity contribution is 6.05. The minimum Gasteiger partial charge on any atom is -0.330 e. The summed E-state index contributed by atoms with van der Waals surface area (Å²) in [6.07, 6.45) is 7.54. The van der Waals surface area contributed by atoms with Gasteiger partial charge in [-0.1, -0.05) is 30.3 Å². The minimum atomic E-state index is -0.0760. The van der Waals surface area contributed by atoms with E-state index in [1.54, 1.807) is 10.7 Å². The number of hydrogen-bond acceptors (Lipinski definition) is 5. The Hall–Kier alpha value is -4.33. The van der Waals surface area contributed by atoms with Crippen LogP contribution in [0.4, 0.5) is 0 Å². The lowest BCUT2D eigenvalue weighted by Gasteiger charge is -2.16. The molecule has 8 heteroatoms. The molecule has 4 aromatic heterocycles. The molecule has 1 amide bonds. The van der Waals surface area contributed by atoms with Gasteiger partial charge in [0.15, 0.2) is 5.65 Å². The molecule has 0 atom stereocenters. The number of carbonyl (C=O) groups is 1. The molecule has 0 aliphatic carbocycles. The zero-order chi connectivity index (χ0) is 22.5. The third-order valence-electron chi connectivity index (χ3n) is 5.87. The number of carbonyl (C=O) groups excluding carboxylic acids is 1. The summed E-state index contributed by atoms with van der Waals surface area (Å²) in [4.78, 5) is 29.1. The number of fused-ring (bicyclic) bond motifs is 2. The predicted octanol–water partition coefficient (Wildman–Crippen LogP) is 3.75. The smallest absolute Gasteiger partial charge is 0.260 e. The van der Waals surface area contributed by atoms with E-state index in [1.807, 2.05) is 84.4 Å². The van der Waals surface area contributed by atoms with Gasteiger partial charge in [-0.15, -0.1) is 0 Å². The monoisotopic (exact) mass is 435 g/mol. The SMILES string of the molecule is Cc1cc(C)nc(-n2cc3c(c2)CN(C(=O)c2c(-c4ccccc4)nn4cccnc24)C3)n1. The van der Waals surface area contributed by atoms with Gasteiger partial charge in [-0.2, -0.15) is 5.10 Å². The molecule has 0 N–H and O–H groups in total. The van der Waals surface area contributed by atoms with Crippen molar-refractivity contribution in [3.8, 4) is 17.2 Å². The Labute approximate surface area is 190 Å². The molecule has 1 aromatic carbocycles. The van der Waals surface area contributed by atoms with Crippen LogP contribution in [-0.4, -0.2) is 39.9 Å². The van der Waals surface area contributed by atoms with Crippen LogP contribution in [0, 0.1) is 13.8 Å². The summed E-state index contributed by atoms with van der Waals surface area (Å²) in [5.74, 6) is 0.575. The maximum atomic E-state index is 13.7. The summed E-state index contributed by atoms with van der Waals surface area (Å²) in [5, 5.41) is 4.67. The van der Waals surface area contributed by atoms with E-state index in [2.05, 4.69) is 20.1 Å². The molecule has 0 saturated carbocycles. The highest BCUT2D eigenvalue weighted by Gasteiger charge is 2.31. The zero-order valence-electron chi connectivity index (χ0n) is 18.3. The highest BCUT2D eigenvalue weighted by atomic mass is 16.2. The van der Waals surface area contributed by atoms with Crippen LogP contribution in [0.3, 0.4) is 0 Å². The van der Waals surface area contributed by atoms with Crippen LogP contribution in [0.5, 0.6) is 0 Å². The van der Waals surface area contributed by atoms with Crippen molar-refractivity contribution in [3.63, 3.8) is 0 Å². The number of nitrogens with zero attached hydrogens (tertiary/aromatic N) is 7. The first kappa shape index (κ1) is 19.4. The molecule has 0 unspecified atom stereocenters. The number of aromatic nitrogens is 6. The first-order chi connectivity index (χ1) is 16.1. The number of amides is 1. The second-order valence-electron chi connectivity index (χ2n) is 8.31. The van der Waals surface area contributed by atoms with Gasteiger partial charge < -0.3 is 4.90 Å². The molecular formula is C25H21N7O. The molecule has 33 heavy (non-hydrogen) atoms. The van der Waals surface area contributed by atoms with Crippen LogP contribution in [0.15, 0.2) is 67.3 Å². The van der Waals surface area contributed by atoms with Crippen LogP contribution < -0.4 is 0 Å². The van der Waals surface area contributed by atoms with E-state index in [9.17, 15) is 4.79 Å². The van der Waals surface area contributed by atoms with Gasteiger partial charge in [-0.25, -0.2) is 19.5 Å². The first-order valence-corrected chi connectivity index (χ1v) is 10.8. The average molecular weight is 435 g/mol. The van der Waals surface area contributed by atoms with Gasteiger partial charge in [0.1, 0.15) is 11.3 Å². The largest absolute Gasteiger partial charge is 0.330 e. The second kappa shape index (κ2) is 7.37. The van der Waals surface area contributed by atoms with Crippen molar-refractivity contribution in [1.29, 1.82) is 0 Å². The lowest BCUT2D eigenvalue weighted by molar-refractivity contribution is 0.0753. The van der Waals surface area contributed by atoms with Crippen LogP contribution in [0.1, 0.15) is 32.9 Å². The topological polar surface area (TPSA) is 81.2 Å². The van der Waals surface area contributed by atoms with Crippen molar-refractivity contribution in [2.75, 3.05) is 0 Å². The number of hydrogen-bond donors (Lipinski definition) is 0. The Bertz CT molecular complexity index is 1470. The summed E-state index contributed by atoms with van der Waals surface area (Å²) in [7, 11) is 0. The maximum Gasteiger partial charge on any atom is 0.260 e. The normalized spacial score (nSPS) is 13.0. The van der Waals surface area contributed by atoms with Gasteiger partial charge in [-0.3, -0.25) is 9.36 Å². The molecule has 1 aliphatic rings. The van der Waals surface area contributed by atoms with Gasteiger partial charge >= 0.3 is 0 Å². The van der Waals surface area contributed by atoms with Crippen LogP contribution >= 0.6 is 0 Å². The number of aryl methyl sites for hydroxylation is 2. The van der Waals surface area contributed by atoms with E-state index in [0.717, 1.165) is 28.1 Å². The van der Waals surface area contributed by atoms with E-state index in [-0.39, 0.29) is 5.91 Å². The molecule has 5 aromatic rings. The third kappa shape index (κ3) is 3.27. The molecule has 8 nitrogen and oxygen atoms in total. The minimum absolute atomic E-state index is 0.0760. The van der Waals surface area contributed by atoms with Crippen molar-refractivity contribution in [3.05, 3.63) is 95.3 Å². The second-order valence-corrected chi connectivity index (χ2v) is 8.31. The van der Waals surface area contributed by atoms with Crippen molar-refractivity contribution in [2.24, 2.45) is 0 Å². The molecule has 6 rings (SSSR count). The number of rotatable bonds is 3. The van der Waals surface area contributed by atoms with E-state index < -0.39 is 0 Å². The van der Waals surface area contributed by atoms with Gasteiger partial charge in [0.05, 0.1) is 0 Å². The predicted molar refractivity (Wildman–Crippen MR) is 123 cm³/mol. The first-order valence-electron chi connectivity index (χ1n) is 10.8. The molecular weight excluding hydrogens is 414 g/mol. The van der Waals surface area contributed by atoms with Gasteiger partial charge in [0.2, 0.25) is 5.95 Å². The average Bonchev–Trinajstić information content (AvgIpc) is 3.50. The Morgan fingerprint density at radius 3 is 2.33 bits per heavy atom. The molecule has 1 aliphatic heterocycles. The summed E-state index contributed by atoms with van der Waals surface area (Å²) in [5.41, 5.74) is 6.67. The van der Waals surface area contributed by atoms with E-state index in [1.165, 1.54) is 0 Å². The van der Waals surface area contributed by atoms with Gasteiger partial charge in [0, 0.05) is 54.8 Å². The molecule has 0 fully saturated rings. The quantitative estimate of drug-likeness (QED) is 0.431. The molecule has 0 bridgehead atoms. The standard InChI is InChI=1S/C25H21N7O/c1-16-11-17(2)28-25(27-16)31-14-19-12-30(13-20(19)15-31)24(33)21-22(18-7-4-3-5-8-18)29-32-10-6-9-26-23(21)32/h3-11,14-15H,12-13H2,1-2H3. The van der Waals surface area contributed by atoms with Crippen LogP contribution in [0.25, 0.3) is 22.9 Å². The Kier molecular flexibility index (Phi) is 4.33. The fraction of sp³-hybridized carbons (Fsp3) is 0.160. The van der Waals surface area contributed by atoms with Crippen LogP contribution in [-0.2, 0) is 13.1 Å². The molecule has 0 spiro atoms. The lowest BCUT2D eigenvalue weighted by atomic mass is 10.1. The lowest BCUT2D eigenvalue weighted by Crippen LogP contribution is -2.26. The molecule has 5 heterocycles. The van der Waals surface area contributed by atoms with Crippen molar-refractivity contribution in [1.82, 2.24) is 34.0 Å². The Balaban J connectivity index is 1.35. The molecule has 0 saturated heterocycles. The molecule has 162 valence electrons. The van der Waals surface area contributed by atoms with Crippen molar-refractivity contribution in [2.45, 2.75) is 26.9 Å². The van der Waals surface area contributed by atoms with Crippen molar-refractivity contribution >= 4 is 11.6 Å². The molecule has 0 radical (unpaired) electrons. The third-order valence-corrected chi connectivity index (χ3v) is 5.87. The maximum absolute atomic E-state index is 13.7. The highest BCUT2D eigenvalue weighted by Crippen LogP contribution is 2.31. The van der Waals surface area contributed by atoms with E-state index in [0.29, 0.717) is 35.9 Å². The number of benzene rings is 1.